The highest BCUT2D eigenvalue weighted by atomic mass is 32.2. The Morgan fingerprint density at radius 2 is 2.24 bits per heavy atom. The van der Waals surface area contributed by atoms with E-state index in [9.17, 15) is 4.79 Å². The third-order valence-electron chi connectivity index (χ3n) is 3.80. The summed E-state index contributed by atoms with van der Waals surface area (Å²) in [5, 5.41) is 3.95. The molecule has 0 radical (unpaired) electrons. The van der Waals surface area contributed by atoms with Crippen molar-refractivity contribution in [3.63, 3.8) is 0 Å². The fourth-order valence-corrected chi connectivity index (χ4v) is 4.03. The first-order valence-corrected chi connectivity index (χ1v) is 7.93. The van der Waals surface area contributed by atoms with Gasteiger partial charge in [-0.25, -0.2) is 0 Å². The summed E-state index contributed by atoms with van der Waals surface area (Å²) < 4.78 is 0. The van der Waals surface area contributed by atoms with Crippen LogP contribution < -0.4 is 5.32 Å². The molecular weight excluding hydrogens is 230 g/mol. The Morgan fingerprint density at radius 3 is 2.94 bits per heavy atom. The smallest absolute Gasteiger partial charge is 0.223 e. The van der Waals surface area contributed by atoms with Crippen LogP contribution in [0.4, 0.5) is 0 Å². The van der Waals surface area contributed by atoms with Crippen LogP contribution in [0.15, 0.2) is 12.2 Å². The molecule has 2 nitrogen and oxygen atoms in total. The van der Waals surface area contributed by atoms with Crippen molar-refractivity contribution in [2.45, 2.75) is 56.7 Å². The number of thioether (sulfide) groups is 1. The second-order valence-corrected chi connectivity index (χ2v) is 6.54. The number of carbonyl (C=O) groups is 1. The lowest BCUT2D eigenvalue weighted by atomic mass is 9.93. The highest BCUT2D eigenvalue weighted by Crippen LogP contribution is 2.30. The van der Waals surface area contributed by atoms with Crippen LogP contribution in [0.3, 0.4) is 0 Å². The topological polar surface area (TPSA) is 29.1 Å². The van der Waals surface area contributed by atoms with Gasteiger partial charge in [0.25, 0.3) is 0 Å². The Labute approximate surface area is 109 Å². The van der Waals surface area contributed by atoms with E-state index < -0.39 is 0 Å². The Kier molecular flexibility index (Phi) is 4.96. The van der Waals surface area contributed by atoms with Gasteiger partial charge in [0, 0.05) is 17.2 Å². The van der Waals surface area contributed by atoms with Crippen LogP contribution in [0.25, 0.3) is 0 Å². The van der Waals surface area contributed by atoms with Gasteiger partial charge >= 0.3 is 0 Å². The molecule has 2 rings (SSSR count). The molecule has 0 heterocycles. The van der Waals surface area contributed by atoms with E-state index >= 15 is 0 Å². The predicted molar refractivity (Wildman–Crippen MR) is 74.2 cm³/mol. The summed E-state index contributed by atoms with van der Waals surface area (Å²) in [6.45, 7) is 2.20. The number of hydrogen-bond acceptors (Lipinski definition) is 2. The zero-order valence-electron chi connectivity index (χ0n) is 10.7. The lowest BCUT2D eigenvalue weighted by Crippen LogP contribution is -2.42. The molecule has 1 amide bonds. The number of amides is 1. The van der Waals surface area contributed by atoms with Crippen LogP contribution in [0, 0.1) is 5.92 Å². The molecule has 0 spiro atoms. The minimum atomic E-state index is 0.230. The molecule has 17 heavy (non-hydrogen) atoms. The van der Waals surface area contributed by atoms with Crippen LogP contribution >= 0.6 is 11.8 Å². The van der Waals surface area contributed by atoms with Crippen molar-refractivity contribution >= 4 is 17.7 Å². The van der Waals surface area contributed by atoms with Crippen molar-refractivity contribution in [1.82, 2.24) is 5.32 Å². The first kappa shape index (κ1) is 13.0. The van der Waals surface area contributed by atoms with Crippen LogP contribution in [0.2, 0.25) is 0 Å². The number of hydrogen-bond donors (Lipinski definition) is 1. The van der Waals surface area contributed by atoms with E-state index in [1.54, 1.807) is 0 Å². The van der Waals surface area contributed by atoms with Crippen molar-refractivity contribution in [3.05, 3.63) is 12.2 Å². The molecule has 3 atom stereocenters. The highest BCUT2D eigenvalue weighted by molar-refractivity contribution is 7.99. The van der Waals surface area contributed by atoms with E-state index in [4.69, 9.17) is 0 Å². The van der Waals surface area contributed by atoms with E-state index in [0.717, 1.165) is 25.0 Å². The van der Waals surface area contributed by atoms with Crippen LogP contribution in [-0.2, 0) is 4.79 Å². The normalized spacial score (nSPS) is 32.6. The van der Waals surface area contributed by atoms with E-state index in [-0.39, 0.29) is 5.92 Å². The molecule has 1 saturated carbocycles. The fourth-order valence-electron chi connectivity index (χ4n) is 2.84. The lowest BCUT2D eigenvalue weighted by molar-refractivity contribution is -0.125. The molecule has 0 aromatic heterocycles. The van der Waals surface area contributed by atoms with Gasteiger partial charge in [-0.3, -0.25) is 4.79 Å². The van der Waals surface area contributed by atoms with Gasteiger partial charge < -0.3 is 5.32 Å². The molecule has 0 bridgehead atoms. The second-order valence-electron chi connectivity index (χ2n) is 5.02. The van der Waals surface area contributed by atoms with Crippen molar-refractivity contribution in [2.24, 2.45) is 5.92 Å². The fraction of sp³-hybridized carbons (Fsp3) is 0.786. The Hall–Kier alpha value is -0.440. The number of carbonyl (C=O) groups excluding carboxylic acids is 1. The van der Waals surface area contributed by atoms with E-state index in [0.29, 0.717) is 17.2 Å². The van der Waals surface area contributed by atoms with Crippen molar-refractivity contribution < 1.29 is 4.79 Å². The summed E-state index contributed by atoms with van der Waals surface area (Å²) in [4.78, 5) is 12.1. The maximum atomic E-state index is 12.1. The van der Waals surface area contributed by atoms with E-state index in [2.05, 4.69) is 24.4 Å². The number of nitrogens with one attached hydrogen (secondary N) is 1. The summed E-state index contributed by atoms with van der Waals surface area (Å²) >= 11 is 2.01. The molecule has 2 aliphatic rings. The zero-order valence-corrected chi connectivity index (χ0v) is 11.5. The van der Waals surface area contributed by atoms with Gasteiger partial charge in [0.05, 0.1) is 0 Å². The molecule has 3 heteroatoms. The van der Waals surface area contributed by atoms with Crippen molar-refractivity contribution in [3.8, 4) is 0 Å². The van der Waals surface area contributed by atoms with Crippen molar-refractivity contribution in [2.75, 3.05) is 5.75 Å². The molecule has 0 aromatic carbocycles. The quantitative estimate of drug-likeness (QED) is 0.780. The van der Waals surface area contributed by atoms with Gasteiger partial charge in [0.2, 0.25) is 5.91 Å². The third-order valence-corrected chi connectivity index (χ3v) is 5.13. The number of rotatable bonds is 4. The number of allylic oxidation sites excluding steroid dienone is 2. The SMILES string of the molecule is CCS[C@@H]1CCC[C@@H]1NC(=O)[C@H]1CC=CCC1. The maximum absolute atomic E-state index is 12.1. The summed E-state index contributed by atoms with van der Waals surface area (Å²) in [5.41, 5.74) is 0. The standard InChI is InChI=1S/C14H23NOS/c1-2-17-13-10-6-9-12(13)15-14(16)11-7-4-3-5-8-11/h3-4,11-13H,2,5-10H2,1H3,(H,15,16)/t11-,12-,13+/m0/s1. The molecule has 0 aliphatic heterocycles. The molecule has 0 aromatic rings. The van der Waals surface area contributed by atoms with Gasteiger partial charge in [-0.2, -0.15) is 11.8 Å². The molecule has 1 fully saturated rings. The van der Waals surface area contributed by atoms with Crippen LogP contribution in [0.5, 0.6) is 0 Å². The molecule has 1 N–H and O–H groups in total. The molecule has 0 saturated heterocycles. The van der Waals surface area contributed by atoms with Gasteiger partial charge in [0.15, 0.2) is 0 Å². The van der Waals surface area contributed by atoms with Crippen molar-refractivity contribution in [1.29, 1.82) is 0 Å². The van der Waals surface area contributed by atoms with Crippen LogP contribution in [-0.4, -0.2) is 23.0 Å². The summed E-state index contributed by atoms with van der Waals surface area (Å²) in [7, 11) is 0. The molecular formula is C14H23NOS. The average molecular weight is 253 g/mol. The predicted octanol–water partition coefficient (Wildman–Crippen LogP) is 3.13. The summed E-state index contributed by atoms with van der Waals surface area (Å²) in [6, 6.07) is 0.429. The zero-order chi connectivity index (χ0) is 12.1. The monoisotopic (exact) mass is 253 g/mol. The molecule has 0 unspecified atom stereocenters. The second kappa shape index (κ2) is 6.48. The maximum Gasteiger partial charge on any atom is 0.223 e. The Balaban J connectivity index is 1.82. The minimum absolute atomic E-state index is 0.230. The largest absolute Gasteiger partial charge is 0.352 e. The Morgan fingerprint density at radius 1 is 1.35 bits per heavy atom. The summed E-state index contributed by atoms with van der Waals surface area (Å²) in [6.07, 6.45) is 11.1. The highest BCUT2D eigenvalue weighted by Gasteiger charge is 2.30. The lowest BCUT2D eigenvalue weighted by Gasteiger charge is -2.24. The molecule has 96 valence electrons. The average Bonchev–Trinajstić information content (AvgIpc) is 2.78. The minimum Gasteiger partial charge on any atom is -0.352 e. The Bertz CT molecular complexity index is 290. The van der Waals surface area contributed by atoms with Gasteiger partial charge in [-0.15, -0.1) is 0 Å². The van der Waals surface area contributed by atoms with Gasteiger partial charge in [-0.05, 0) is 37.9 Å². The van der Waals surface area contributed by atoms with E-state index in [1.807, 2.05) is 11.8 Å². The van der Waals surface area contributed by atoms with E-state index in [1.165, 1.54) is 19.3 Å². The summed E-state index contributed by atoms with van der Waals surface area (Å²) in [5.74, 6) is 1.68. The molecule has 2 aliphatic carbocycles. The van der Waals surface area contributed by atoms with Gasteiger partial charge in [-0.1, -0.05) is 25.5 Å². The first-order chi connectivity index (χ1) is 8.31. The van der Waals surface area contributed by atoms with Gasteiger partial charge in [0.1, 0.15) is 0 Å². The first-order valence-electron chi connectivity index (χ1n) is 6.88. The van der Waals surface area contributed by atoms with Crippen LogP contribution in [0.1, 0.15) is 45.4 Å². The third kappa shape index (κ3) is 3.51.